The maximum atomic E-state index is 7.79. The van der Waals surface area contributed by atoms with Crippen LogP contribution in [-0.2, 0) is 0 Å². The molecule has 2 aromatic rings. The molecule has 5 heteroatoms. The molecule has 0 radical (unpaired) electrons. The van der Waals surface area contributed by atoms with Gasteiger partial charge in [0, 0.05) is 12.3 Å². The zero-order valence-electron chi connectivity index (χ0n) is 11.1. The molecule has 0 saturated carbocycles. The molecule has 3 nitrogen and oxygen atoms in total. The Bertz CT molecular complexity index is 642. The molecule has 2 rings (SSSR count). The SMILES string of the molecule is [2H]c1nc(Br)c(-n2nc([2H])c(Br)c2[2H])c([2H])c1[2H]. The zero-order chi connectivity index (χ0) is 13.6. The summed E-state index contributed by atoms with van der Waals surface area (Å²) in [5.74, 6) is 0. The monoisotopic (exact) mass is 306 g/mol. The second-order valence-electron chi connectivity index (χ2n) is 2.06. The van der Waals surface area contributed by atoms with Crippen molar-refractivity contribution in [2.75, 3.05) is 0 Å². The first-order chi connectivity index (χ1) is 8.34. The summed E-state index contributed by atoms with van der Waals surface area (Å²) in [6, 6.07) is -0.629. The number of rotatable bonds is 1. The molecule has 0 aliphatic rings. The summed E-state index contributed by atoms with van der Waals surface area (Å²) >= 11 is 6.12. The molecule has 0 aliphatic heterocycles. The van der Waals surface area contributed by atoms with Crippen molar-refractivity contribution < 1.29 is 6.85 Å². The first-order valence-electron chi connectivity index (χ1n) is 5.70. The summed E-state index contributed by atoms with van der Waals surface area (Å²) in [6.45, 7) is 0. The maximum Gasteiger partial charge on any atom is 0.131 e. The minimum absolute atomic E-state index is 0.0696. The Morgan fingerprint density at radius 3 is 3.00 bits per heavy atom. The summed E-state index contributed by atoms with van der Waals surface area (Å²) in [5, 5.41) is 3.79. The van der Waals surface area contributed by atoms with Gasteiger partial charge in [-0.05, 0) is 43.9 Å². The van der Waals surface area contributed by atoms with Gasteiger partial charge in [-0.2, -0.15) is 5.10 Å². The number of hydrogen-bond donors (Lipinski definition) is 0. The van der Waals surface area contributed by atoms with Gasteiger partial charge in [0.25, 0.3) is 0 Å². The van der Waals surface area contributed by atoms with Crippen LogP contribution < -0.4 is 0 Å². The Kier molecular flexibility index (Phi) is 1.30. The molecule has 2 aromatic heterocycles. The lowest BCUT2D eigenvalue weighted by Crippen LogP contribution is -1.95. The fraction of sp³-hybridized carbons (Fsp3) is 0. The summed E-state index contributed by atoms with van der Waals surface area (Å²) in [4.78, 5) is 3.75. The molecule has 2 heterocycles. The molecule has 0 spiro atoms. The Balaban J connectivity index is 2.79. The minimum Gasteiger partial charge on any atom is -0.247 e. The van der Waals surface area contributed by atoms with Crippen LogP contribution in [0.4, 0.5) is 0 Å². The van der Waals surface area contributed by atoms with Crippen molar-refractivity contribution in [3.05, 3.63) is 39.7 Å². The number of pyridine rings is 1. The Morgan fingerprint density at radius 1 is 1.46 bits per heavy atom. The molecule has 66 valence electrons. The van der Waals surface area contributed by atoms with E-state index in [-0.39, 0.29) is 45.4 Å². The lowest BCUT2D eigenvalue weighted by molar-refractivity contribution is 0.867. The number of aromatic nitrogens is 3. The smallest absolute Gasteiger partial charge is 0.131 e. The van der Waals surface area contributed by atoms with Crippen LogP contribution in [0.2, 0.25) is 0 Å². The van der Waals surface area contributed by atoms with E-state index in [0.29, 0.717) is 0 Å². The van der Waals surface area contributed by atoms with Crippen molar-refractivity contribution in [2.45, 2.75) is 0 Å². The number of hydrogen-bond acceptors (Lipinski definition) is 2. The van der Waals surface area contributed by atoms with Crippen molar-refractivity contribution in [2.24, 2.45) is 0 Å². The van der Waals surface area contributed by atoms with E-state index in [9.17, 15) is 0 Å². The average molecular weight is 308 g/mol. The summed E-state index contributed by atoms with van der Waals surface area (Å²) in [6.07, 6.45) is -0.597. The van der Waals surface area contributed by atoms with Gasteiger partial charge < -0.3 is 0 Å². The van der Waals surface area contributed by atoms with Gasteiger partial charge in [-0.1, -0.05) is 0 Å². The molecular weight excluding hydrogens is 298 g/mol. The average Bonchev–Trinajstić information content (AvgIpc) is 2.55. The third-order valence-electron chi connectivity index (χ3n) is 1.25. The molecule has 0 aliphatic carbocycles. The van der Waals surface area contributed by atoms with Crippen LogP contribution in [-0.4, -0.2) is 14.8 Å². The highest BCUT2D eigenvalue weighted by molar-refractivity contribution is 9.10. The van der Waals surface area contributed by atoms with Gasteiger partial charge in [-0.25, -0.2) is 9.67 Å². The van der Waals surface area contributed by atoms with Crippen LogP contribution in [0.25, 0.3) is 5.69 Å². The van der Waals surface area contributed by atoms with Crippen LogP contribution in [0.15, 0.2) is 39.7 Å². The summed E-state index contributed by atoms with van der Waals surface area (Å²) < 4.78 is 39.3. The fourth-order valence-electron chi connectivity index (χ4n) is 0.752. The van der Waals surface area contributed by atoms with E-state index >= 15 is 0 Å². The van der Waals surface area contributed by atoms with Crippen molar-refractivity contribution in [3.63, 3.8) is 0 Å². The second kappa shape index (κ2) is 3.59. The summed E-state index contributed by atoms with van der Waals surface area (Å²) in [7, 11) is 0. The Morgan fingerprint density at radius 2 is 2.31 bits per heavy atom. The first-order valence-corrected chi connectivity index (χ1v) is 4.78. The molecule has 0 aromatic carbocycles. The Hall–Kier alpha value is -0.680. The number of halogens is 2. The molecular formula is C8H5Br2N3. The van der Waals surface area contributed by atoms with Crippen LogP contribution in [0, 0.1) is 0 Å². The highest BCUT2D eigenvalue weighted by Crippen LogP contribution is 2.18. The van der Waals surface area contributed by atoms with Crippen molar-refractivity contribution in [1.82, 2.24) is 14.8 Å². The first kappa shape index (κ1) is 4.70. The highest BCUT2D eigenvalue weighted by Gasteiger charge is 2.02. The predicted molar refractivity (Wildman–Crippen MR) is 56.8 cm³/mol. The zero-order valence-corrected chi connectivity index (χ0v) is 9.27. The summed E-state index contributed by atoms with van der Waals surface area (Å²) in [5.41, 5.74) is 0.0696. The van der Waals surface area contributed by atoms with E-state index in [4.69, 9.17) is 6.85 Å². The van der Waals surface area contributed by atoms with E-state index in [1.54, 1.807) is 0 Å². The lowest BCUT2D eigenvalue weighted by atomic mass is 10.4. The molecule has 0 saturated heterocycles. The van der Waals surface area contributed by atoms with Gasteiger partial charge in [0.1, 0.15) is 4.60 Å². The van der Waals surface area contributed by atoms with E-state index < -0.39 is 0 Å². The predicted octanol–water partition coefficient (Wildman–Crippen LogP) is 2.79. The number of nitrogens with zero attached hydrogens (tertiary/aromatic N) is 3. The quantitative estimate of drug-likeness (QED) is 0.759. The topological polar surface area (TPSA) is 30.7 Å². The van der Waals surface area contributed by atoms with Crippen molar-refractivity contribution >= 4 is 31.9 Å². The molecule has 0 bridgehead atoms. The van der Waals surface area contributed by atoms with Gasteiger partial charge in [-0.3, -0.25) is 0 Å². The van der Waals surface area contributed by atoms with Gasteiger partial charge >= 0.3 is 0 Å². The van der Waals surface area contributed by atoms with Gasteiger partial charge in [-0.15, -0.1) is 0 Å². The van der Waals surface area contributed by atoms with Crippen LogP contribution in [0.3, 0.4) is 0 Å². The van der Waals surface area contributed by atoms with Crippen LogP contribution >= 0.6 is 31.9 Å². The fourth-order valence-corrected chi connectivity index (χ4v) is 1.35. The highest BCUT2D eigenvalue weighted by atomic mass is 79.9. The van der Waals surface area contributed by atoms with E-state index in [2.05, 4.69) is 41.9 Å². The molecule has 0 N–H and O–H groups in total. The largest absolute Gasteiger partial charge is 0.247 e. The second-order valence-corrected chi connectivity index (χ2v) is 3.61. The van der Waals surface area contributed by atoms with Gasteiger partial charge in [0.2, 0.25) is 0 Å². The third kappa shape index (κ3) is 1.81. The molecule has 0 fully saturated rings. The Labute approximate surface area is 99.1 Å². The van der Waals surface area contributed by atoms with Gasteiger partial charge in [0.05, 0.1) is 23.2 Å². The molecule has 13 heavy (non-hydrogen) atoms. The lowest BCUT2D eigenvalue weighted by Gasteiger charge is -2.01. The maximum absolute atomic E-state index is 7.79. The third-order valence-corrected chi connectivity index (χ3v) is 2.16. The van der Waals surface area contributed by atoms with Crippen molar-refractivity contribution in [1.29, 1.82) is 0 Å². The van der Waals surface area contributed by atoms with E-state index in [1.165, 1.54) is 0 Å². The van der Waals surface area contributed by atoms with Crippen LogP contribution in [0.5, 0.6) is 0 Å². The van der Waals surface area contributed by atoms with Crippen LogP contribution in [0.1, 0.15) is 6.85 Å². The van der Waals surface area contributed by atoms with E-state index in [1.807, 2.05) is 0 Å². The molecule has 0 amide bonds. The van der Waals surface area contributed by atoms with E-state index in [0.717, 1.165) is 4.68 Å². The standard InChI is InChI=1S/C8H5Br2N3/c9-6-4-12-13(5-6)7-2-1-3-11-8(7)10/h1-5H/i1D,2D,3D,4D,5D. The van der Waals surface area contributed by atoms with Gasteiger partial charge in [0.15, 0.2) is 0 Å². The molecule has 0 atom stereocenters. The van der Waals surface area contributed by atoms with Crippen molar-refractivity contribution in [3.8, 4) is 5.69 Å². The minimum atomic E-state index is -0.356. The normalized spacial score (nSPS) is 15.7. The molecule has 0 unspecified atom stereocenters.